The summed E-state index contributed by atoms with van der Waals surface area (Å²) in [6.07, 6.45) is 10.6. The van der Waals surface area contributed by atoms with Crippen molar-refractivity contribution in [3.63, 3.8) is 0 Å². The molecule has 0 saturated carbocycles. The Morgan fingerprint density at radius 2 is 1.33 bits per heavy atom. The van der Waals surface area contributed by atoms with Gasteiger partial charge in [0.25, 0.3) is 0 Å². The highest BCUT2D eigenvalue weighted by Gasteiger charge is 2.35. The van der Waals surface area contributed by atoms with Gasteiger partial charge in [0.1, 0.15) is 0 Å². The Labute approximate surface area is 132 Å². The minimum atomic E-state index is -0.635. The SMILES string of the molecule is CCCCCCCCC(CO)C(C)(OCCC)OCCC. The van der Waals surface area contributed by atoms with Crippen molar-refractivity contribution in [2.75, 3.05) is 19.8 Å². The van der Waals surface area contributed by atoms with Crippen molar-refractivity contribution in [2.45, 2.75) is 91.3 Å². The van der Waals surface area contributed by atoms with Crippen LogP contribution < -0.4 is 0 Å². The number of rotatable bonds is 15. The molecule has 0 rings (SSSR count). The third-order valence-electron chi connectivity index (χ3n) is 4.05. The molecule has 0 spiro atoms. The topological polar surface area (TPSA) is 38.7 Å². The highest BCUT2D eigenvalue weighted by Crippen LogP contribution is 2.29. The van der Waals surface area contributed by atoms with Gasteiger partial charge < -0.3 is 14.6 Å². The third-order valence-corrected chi connectivity index (χ3v) is 4.05. The number of hydrogen-bond acceptors (Lipinski definition) is 3. The lowest BCUT2D eigenvalue weighted by Crippen LogP contribution is -2.43. The maximum atomic E-state index is 9.74. The van der Waals surface area contributed by atoms with E-state index in [9.17, 15) is 5.11 Å². The number of unbranched alkanes of at least 4 members (excludes halogenated alkanes) is 5. The van der Waals surface area contributed by atoms with Crippen LogP contribution in [0.3, 0.4) is 0 Å². The second kappa shape index (κ2) is 13.5. The first-order chi connectivity index (χ1) is 10.1. The molecule has 0 heterocycles. The molecule has 0 aliphatic rings. The third kappa shape index (κ3) is 9.49. The van der Waals surface area contributed by atoms with Gasteiger partial charge in [-0.2, -0.15) is 0 Å². The maximum absolute atomic E-state index is 9.74. The molecule has 1 N–H and O–H groups in total. The van der Waals surface area contributed by atoms with Gasteiger partial charge in [0.05, 0.1) is 6.61 Å². The standard InChI is InChI=1S/C18H38O3/c1-5-8-9-10-11-12-13-17(16-19)18(4,20-14-6-2)21-15-7-3/h17,19H,5-16H2,1-4H3. The molecule has 0 amide bonds. The molecule has 128 valence electrons. The summed E-state index contributed by atoms with van der Waals surface area (Å²) in [6, 6.07) is 0. The lowest BCUT2D eigenvalue weighted by Gasteiger charge is -2.36. The highest BCUT2D eigenvalue weighted by molar-refractivity contribution is 4.75. The molecule has 0 bridgehead atoms. The summed E-state index contributed by atoms with van der Waals surface area (Å²) in [5.41, 5.74) is 0. The summed E-state index contributed by atoms with van der Waals surface area (Å²) < 4.78 is 11.9. The van der Waals surface area contributed by atoms with Crippen LogP contribution in [0, 0.1) is 5.92 Å². The Balaban J connectivity index is 4.24. The van der Waals surface area contributed by atoms with E-state index in [0.717, 1.165) is 25.7 Å². The van der Waals surface area contributed by atoms with Crippen molar-refractivity contribution in [2.24, 2.45) is 5.92 Å². The maximum Gasteiger partial charge on any atom is 0.170 e. The molecular formula is C18H38O3. The summed E-state index contributed by atoms with van der Waals surface area (Å²) in [5.74, 6) is -0.564. The van der Waals surface area contributed by atoms with Crippen LogP contribution in [0.2, 0.25) is 0 Å². The Morgan fingerprint density at radius 1 is 0.810 bits per heavy atom. The molecule has 3 heteroatoms. The van der Waals surface area contributed by atoms with E-state index in [1.807, 2.05) is 6.92 Å². The van der Waals surface area contributed by atoms with Gasteiger partial charge in [-0.15, -0.1) is 0 Å². The van der Waals surface area contributed by atoms with Gasteiger partial charge in [-0.25, -0.2) is 0 Å². The first-order valence-corrected chi connectivity index (χ1v) is 9.03. The van der Waals surface area contributed by atoms with E-state index in [4.69, 9.17) is 9.47 Å². The average molecular weight is 302 g/mol. The van der Waals surface area contributed by atoms with E-state index in [1.54, 1.807) is 0 Å². The van der Waals surface area contributed by atoms with E-state index >= 15 is 0 Å². The molecular weight excluding hydrogens is 264 g/mol. The van der Waals surface area contributed by atoms with Crippen LogP contribution in [0.25, 0.3) is 0 Å². The fourth-order valence-electron chi connectivity index (χ4n) is 2.58. The number of aliphatic hydroxyl groups excluding tert-OH is 1. The minimum Gasteiger partial charge on any atom is -0.396 e. The largest absolute Gasteiger partial charge is 0.396 e. The predicted molar refractivity (Wildman–Crippen MR) is 89.5 cm³/mol. The zero-order valence-corrected chi connectivity index (χ0v) is 14.8. The zero-order valence-electron chi connectivity index (χ0n) is 14.8. The fourth-order valence-corrected chi connectivity index (χ4v) is 2.58. The lowest BCUT2D eigenvalue weighted by molar-refractivity contribution is -0.262. The quantitative estimate of drug-likeness (QED) is 0.345. The summed E-state index contributed by atoms with van der Waals surface area (Å²) in [7, 11) is 0. The molecule has 3 nitrogen and oxygen atoms in total. The zero-order chi connectivity index (χ0) is 16.0. The summed E-state index contributed by atoms with van der Waals surface area (Å²) in [6.45, 7) is 9.95. The van der Waals surface area contributed by atoms with E-state index in [2.05, 4.69) is 20.8 Å². The van der Waals surface area contributed by atoms with Gasteiger partial charge in [-0.05, 0) is 26.2 Å². The van der Waals surface area contributed by atoms with E-state index in [0.29, 0.717) is 13.2 Å². The van der Waals surface area contributed by atoms with Crippen LogP contribution in [0.1, 0.15) is 85.5 Å². The van der Waals surface area contributed by atoms with Crippen LogP contribution in [0.4, 0.5) is 0 Å². The van der Waals surface area contributed by atoms with E-state index in [-0.39, 0.29) is 12.5 Å². The number of aliphatic hydroxyl groups is 1. The summed E-state index contributed by atoms with van der Waals surface area (Å²) >= 11 is 0. The lowest BCUT2D eigenvalue weighted by atomic mass is 9.93. The van der Waals surface area contributed by atoms with Crippen molar-refractivity contribution in [1.82, 2.24) is 0 Å². The van der Waals surface area contributed by atoms with Gasteiger partial charge >= 0.3 is 0 Å². The fraction of sp³-hybridized carbons (Fsp3) is 1.00. The Kier molecular flexibility index (Phi) is 13.5. The molecule has 0 aromatic heterocycles. The van der Waals surface area contributed by atoms with Gasteiger partial charge in [0.2, 0.25) is 0 Å². The van der Waals surface area contributed by atoms with E-state index < -0.39 is 5.79 Å². The van der Waals surface area contributed by atoms with Crippen molar-refractivity contribution >= 4 is 0 Å². The van der Waals surface area contributed by atoms with Crippen LogP contribution in [-0.2, 0) is 9.47 Å². The highest BCUT2D eigenvalue weighted by atomic mass is 16.7. The number of ether oxygens (including phenoxy) is 2. The first kappa shape index (κ1) is 20.9. The van der Waals surface area contributed by atoms with Gasteiger partial charge in [-0.1, -0.05) is 59.3 Å². The predicted octanol–water partition coefficient (Wildman–Crippen LogP) is 4.91. The van der Waals surface area contributed by atoms with Crippen LogP contribution in [0.5, 0.6) is 0 Å². The second-order valence-electron chi connectivity index (χ2n) is 6.15. The molecule has 0 aromatic rings. The summed E-state index contributed by atoms with van der Waals surface area (Å²) in [4.78, 5) is 0. The average Bonchev–Trinajstić information content (AvgIpc) is 2.50. The molecule has 0 aromatic carbocycles. The Bertz CT molecular complexity index is 211. The molecule has 0 aliphatic heterocycles. The summed E-state index contributed by atoms with van der Waals surface area (Å²) in [5, 5.41) is 9.74. The van der Waals surface area contributed by atoms with Gasteiger partial charge in [0.15, 0.2) is 5.79 Å². The van der Waals surface area contributed by atoms with Gasteiger partial charge in [-0.3, -0.25) is 0 Å². The van der Waals surface area contributed by atoms with Crippen LogP contribution in [0.15, 0.2) is 0 Å². The normalized spacial score (nSPS) is 13.6. The minimum absolute atomic E-state index is 0.0711. The second-order valence-corrected chi connectivity index (χ2v) is 6.15. The molecule has 1 atom stereocenters. The molecule has 0 aliphatic carbocycles. The van der Waals surface area contributed by atoms with Crippen LogP contribution >= 0.6 is 0 Å². The first-order valence-electron chi connectivity index (χ1n) is 9.03. The van der Waals surface area contributed by atoms with Crippen molar-refractivity contribution in [3.8, 4) is 0 Å². The molecule has 0 radical (unpaired) electrons. The van der Waals surface area contributed by atoms with Crippen molar-refractivity contribution < 1.29 is 14.6 Å². The number of hydrogen-bond donors (Lipinski definition) is 1. The molecule has 21 heavy (non-hydrogen) atoms. The van der Waals surface area contributed by atoms with Gasteiger partial charge in [0, 0.05) is 19.1 Å². The monoisotopic (exact) mass is 302 g/mol. The van der Waals surface area contributed by atoms with Crippen molar-refractivity contribution in [1.29, 1.82) is 0 Å². The molecule has 0 saturated heterocycles. The van der Waals surface area contributed by atoms with Crippen molar-refractivity contribution in [3.05, 3.63) is 0 Å². The van der Waals surface area contributed by atoms with Crippen LogP contribution in [-0.4, -0.2) is 30.7 Å². The molecule has 0 fully saturated rings. The smallest absolute Gasteiger partial charge is 0.170 e. The molecule has 1 unspecified atom stereocenters. The Hall–Kier alpha value is -0.120. The van der Waals surface area contributed by atoms with E-state index in [1.165, 1.54) is 32.1 Å². The Morgan fingerprint density at radius 3 is 1.81 bits per heavy atom.